The molecule has 1 saturated heterocycles. The molecule has 6 nitrogen and oxygen atoms in total. The summed E-state index contributed by atoms with van der Waals surface area (Å²) in [7, 11) is 0. The van der Waals surface area contributed by atoms with Crippen molar-refractivity contribution in [2.24, 2.45) is 0 Å². The Bertz CT molecular complexity index is 586. The van der Waals surface area contributed by atoms with E-state index in [0.29, 0.717) is 13.2 Å². The third-order valence-electron chi connectivity index (χ3n) is 3.48. The number of hydrogen-bond acceptors (Lipinski definition) is 5. The molecule has 2 aromatic rings. The molecule has 0 saturated carbocycles. The van der Waals surface area contributed by atoms with E-state index in [2.05, 4.69) is 22.4 Å². The molecular weight excluding hydrogens is 256 g/mol. The minimum atomic E-state index is -0.483. The van der Waals surface area contributed by atoms with Gasteiger partial charge in [-0.2, -0.15) is 0 Å². The first-order valence-corrected chi connectivity index (χ1v) is 6.89. The van der Waals surface area contributed by atoms with E-state index in [1.807, 2.05) is 42.6 Å². The molecule has 1 atom stereocenters. The summed E-state index contributed by atoms with van der Waals surface area (Å²) in [6, 6.07) is 6.11. The second-order valence-electron chi connectivity index (χ2n) is 5.59. The largest absolute Gasteiger partial charge is 0.349 e. The molecule has 0 radical (unpaired) electrons. The van der Waals surface area contributed by atoms with Crippen molar-refractivity contribution in [1.29, 1.82) is 0 Å². The lowest BCUT2D eigenvalue weighted by Crippen LogP contribution is -2.49. The van der Waals surface area contributed by atoms with Gasteiger partial charge in [0.05, 0.1) is 25.3 Å². The molecule has 108 valence electrons. The van der Waals surface area contributed by atoms with Gasteiger partial charge < -0.3 is 14.8 Å². The number of nitrogens with zero attached hydrogens (tertiary/aromatic N) is 3. The Morgan fingerprint density at radius 1 is 1.30 bits per heavy atom. The molecule has 1 aliphatic heterocycles. The average molecular weight is 276 g/mol. The molecule has 1 fully saturated rings. The van der Waals surface area contributed by atoms with Crippen LogP contribution < -0.4 is 5.32 Å². The standard InChI is InChI=1S/C14H20N4O2/c1-10(15-11-8-19-14(2,3)20-9-11)13-17-16-12-6-4-5-7-18(12)13/h4-7,10-11,15H,8-9H2,1-3H3. The molecule has 1 N–H and O–H groups in total. The molecule has 1 aliphatic rings. The third-order valence-corrected chi connectivity index (χ3v) is 3.48. The quantitative estimate of drug-likeness (QED) is 0.921. The summed E-state index contributed by atoms with van der Waals surface area (Å²) in [6.07, 6.45) is 1.97. The Labute approximate surface area is 118 Å². The van der Waals surface area contributed by atoms with E-state index < -0.39 is 5.79 Å². The summed E-state index contributed by atoms with van der Waals surface area (Å²) in [6.45, 7) is 7.20. The van der Waals surface area contributed by atoms with Gasteiger partial charge in [0.25, 0.3) is 0 Å². The zero-order valence-electron chi connectivity index (χ0n) is 12.0. The first-order valence-electron chi connectivity index (χ1n) is 6.89. The van der Waals surface area contributed by atoms with Gasteiger partial charge in [0, 0.05) is 6.20 Å². The first kappa shape index (κ1) is 13.5. The predicted molar refractivity (Wildman–Crippen MR) is 74.3 cm³/mol. The third kappa shape index (κ3) is 2.67. The van der Waals surface area contributed by atoms with Crippen molar-refractivity contribution in [3.05, 3.63) is 30.2 Å². The van der Waals surface area contributed by atoms with Crippen LogP contribution in [0.5, 0.6) is 0 Å². The highest BCUT2D eigenvalue weighted by Gasteiger charge is 2.29. The Hall–Kier alpha value is -1.50. The van der Waals surface area contributed by atoms with Gasteiger partial charge in [-0.3, -0.25) is 4.40 Å². The minimum absolute atomic E-state index is 0.0748. The number of nitrogens with one attached hydrogen (secondary N) is 1. The molecular formula is C14H20N4O2. The Morgan fingerprint density at radius 2 is 2.05 bits per heavy atom. The fourth-order valence-electron chi connectivity index (χ4n) is 2.37. The summed E-state index contributed by atoms with van der Waals surface area (Å²) in [4.78, 5) is 0. The molecule has 0 bridgehead atoms. The highest BCUT2D eigenvalue weighted by Crippen LogP contribution is 2.19. The van der Waals surface area contributed by atoms with E-state index >= 15 is 0 Å². The maximum Gasteiger partial charge on any atom is 0.162 e. The van der Waals surface area contributed by atoms with Gasteiger partial charge in [-0.15, -0.1) is 10.2 Å². The summed E-state index contributed by atoms with van der Waals surface area (Å²) >= 11 is 0. The van der Waals surface area contributed by atoms with Gasteiger partial charge in [0.15, 0.2) is 17.3 Å². The maximum atomic E-state index is 5.66. The normalized spacial score (nSPS) is 21.1. The molecule has 0 amide bonds. The van der Waals surface area contributed by atoms with Gasteiger partial charge in [-0.05, 0) is 32.9 Å². The molecule has 6 heteroatoms. The number of fused-ring (bicyclic) bond motifs is 1. The minimum Gasteiger partial charge on any atom is -0.349 e. The second-order valence-corrected chi connectivity index (χ2v) is 5.59. The van der Waals surface area contributed by atoms with Crippen LogP contribution in [0, 0.1) is 0 Å². The fourth-order valence-corrected chi connectivity index (χ4v) is 2.37. The predicted octanol–water partition coefficient (Wildman–Crippen LogP) is 1.53. The first-order chi connectivity index (χ1) is 9.55. The Balaban J connectivity index is 1.69. The van der Waals surface area contributed by atoms with Crippen LogP contribution in [-0.2, 0) is 9.47 Å². The van der Waals surface area contributed by atoms with E-state index in [9.17, 15) is 0 Å². The summed E-state index contributed by atoms with van der Waals surface area (Å²) in [5.74, 6) is 0.411. The van der Waals surface area contributed by atoms with Crippen molar-refractivity contribution in [3.63, 3.8) is 0 Å². The van der Waals surface area contributed by atoms with E-state index in [1.54, 1.807) is 0 Å². The van der Waals surface area contributed by atoms with Gasteiger partial charge in [0.2, 0.25) is 0 Å². The smallest absolute Gasteiger partial charge is 0.162 e. The van der Waals surface area contributed by atoms with Crippen LogP contribution in [0.4, 0.5) is 0 Å². The van der Waals surface area contributed by atoms with Crippen LogP contribution >= 0.6 is 0 Å². The summed E-state index contributed by atoms with van der Waals surface area (Å²) < 4.78 is 13.3. The monoisotopic (exact) mass is 276 g/mol. The molecule has 1 unspecified atom stereocenters. The maximum absolute atomic E-state index is 5.66. The lowest BCUT2D eigenvalue weighted by molar-refractivity contribution is -0.253. The van der Waals surface area contributed by atoms with Crippen molar-refractivity contribution >= 4 is 5.65 Å². The van der Waals surface area contributed by atoms with Crippen molar-refractivity contribution < 1.29 is 9.47 Å². The molecule has 0 aliphatic carbocycles. The van der Waals surface area contributed by atoms with Crippen LogP contribution in [0.3, 0.4) is 0 Å². The molecule has 20 heavy (non-hydrogen) atoms. The average Bonchev–Trinajstić information content (AvgIpc) is 2.85. The van der Waals surface area contributed by atoms with E-state index in [-0.39, 0.29) is 12.1 Å². The molecule has 3 heterocycles. The number of rotatable bonds is 3. The lowest BCUT2D eigenvalue weighted by atomic mass is 10.2. The van der Waals surface area contributed by atoms with Crippen molar-refractivity contribution in [1.82, 2.24) is 19.9 Å². The molecule has 2 aromatic heterocycles. The van der Waals surface area contributed by atoms with Crippen LogP contribution in [0.2, 0.25) is 0 Å². The van der Waals surface area contributed by atoms with Crippen LogP contribution in [0.1, 0.15) is 32.6 Å². The van der Waals surface area contributed by atoms with Crippen molar-refractivity contribution in [2.75, 3.05) is 13.2 Å². The Kier molecular flexibility index (Phi) is 3.45. The van der Waals surface area contributed by atoms with Gasteiger partial charge in [-0.25, -0.2) is 0 Å². The highest BCUT2D eigenvalue weighted by molar-refractivity contribution is 5.37. The second kappa shape index (κ2) is 5.12. The van der Waals surface area contributed by atoms with Gasteiger partial charge in [0.1, 0.15) is 0 Å². The number of ether oxygens (including phenoxy) is 2. The van der Waals surface area contributed by atoms with Crippen molar-refractivity contribution in [2.45, 2.75) is 38.6 Å². The molecule has 3 rings (SSSR count). The van der Waals surface area contributed by atoms with E-state index in [4.69, 9.17) is 9.47 Å². The number of aromatic nitrogens is 3. The number of pyridine rings is 1. The zero-order chi connectivity index (χ0) is 14.2. The van der Waals surface area contributed by atoms with Crippen LogP contribution in [-0.4, -0.2) is 39.6 Å². The van der Waals surface area contributed by atoms with Gasteiger partial charge >= 0.3 is 0 Å². The Morgan fingerprint density at radius 3 is 2.80 bits per heavy atom. The number of hydrogen-bond donors (Lipinski definition) is 1. The summed E-state index contributed by atoms with van der Waals surface area (Å²) in [5.41, 5.74) is 0.855. The topological polar surface area (TPSA) is 60.7 Å². The molecule has 0 spiro atoms. The van der Waals surface area contributed by atoms with E-state index in [0.717, 1.165) is 11.5 Å². The highest BCUT2D eigenvalue weighted by atomic mass is 16.7. The molecule has 0 aromatic carbocycles. The fraction of sp³-hybridized carbons (Fsp3) is 0.571. The summed E-state index contributed by atoms with van der Waals surface area (Å²) in [5, 5.41) is 11.9. The van der Waals surface area contributed by atoms with E-state index in [1.165, 1.54) is 0 Å². The lowest BCUT2D eigenvalue weighted by Gasteiger charge is -2.36. The zero-order valence-corrected chi connectivity index (χ0v) is 12.0. The van der Waals surface area contributed by atoms with Crippen molar-refractivity contribution in [3.8, 4) is 0 Å². The van der Waals surface area contributed by atoms with Crippen LogP contribution in [0.25, 0.3) is 5.65 Å². The van der Waals surface area contributed by atoms with Gasteiger partial charge in [-0.1, -0.05) is 6.07 Å². The SMILES string of the molecule is CC(NC1COC(C)(C)OC1)c1nnc2ccccn12. The van der Waals surface area contributed by atoms with Crippen LogP contribution in [0.15, 0.2) is 24.4 Å².